The van der Waals surface area contributed by atoms with Crippen LogP contribution in [-0.4, -0.2) is 70.8 Å². The lowest BCUT2D eigenvalue weighted by molar-refractivity contribution is -0.139. The van der Waals surface area contributed by atoms with Gasteiger partial charge in [-0.25, -0.2) is 0 Å². The van der Waals surface area contributed by atoms with E-state index in [0.717, 1.165) is 5.56 Å². The number of likely N-dealkylation sites (tertiary alicyclic amines) is 1. The summed E-state index contributed by atoms with van der Waals surface area (Å²) in [5, 5.41) is 16.6. The van der Waals surface area contributed by atoms with Crippen molar-refractivity contribution in [3.05, 3.63) is 35.9 Å². The molecule has 1 aliphatic heterocycles. The molecular weight excluding hydrogens is 440 g/mol. The lowest BCUT2D eigenvalue weighted by atomic mass is 10.0. The minimum Gasteiger partial charge on any atom is -0.480 e. The number of carboxylic acid groups (broad SMARTS) is 1. The molecule has 0 bridgehead atoms. The molecule has 10 nitrogen and oxygen atoms in total. The largest absolute Gasteiger partial charge is 0.480 e. The predicted octanol–water partition coefficient (Wildman–Crippen LogP) is 0.457. The van der Waals surface area contributed by atoms with Crippen LogP contribution in [-0.2, 0) is 30.4 Å². The maximum Gasteiger partial charge on any atom is 0.322 e. The SMILES string of the molecule is CC(=O)N1CCC[C@H]1C(=O)N[C@@H](CC(C)C)C(=O)N[C@@H](Cc1ccccc1)C(=O)NCC(=O)O. The van der Waals surface area contributed by atoms with Crippen molar-refractivity contribution in [2.75, 3.05) is 13.1 Å². The molecule has 1 saturated heterocycles. The van der Waals surface area contributed by atoms with Gasteiger partial charge in [0.25, 0.3) is 0 Å². The molecule has 1 heterocycles. The minimum atomic E-state index is -1.20. The molecule has 0 unspecified atom stereocenters. The average Bonchev–Trinajstić information content (AvgIpc) is 3.27. The Labute approximate surface area is 199 Å². The van der Waals surface area contributed by atoms with Crippen LogP contribution in [0.3, 0.4) is 0 Å². The minimum absolute atomic E-state index is 0.0666. The van der Waals surface area contributed by atoms with E-state index in [1.54, 1.807) is 24.3 Å². The zero-order valence-corrected chi connectivity index (χ0v) is 19.9. The summed E-state index contributed by atoms with van der Waals surface area (Å²) in [6.45, 7) is 5.15. The number of hydrogen-bond donors (Lipinski definition) is 4. The summed E-state index contributed by atoms with van der Waals surface area (Å²) < 4.78 is 0. The molecule has 1 fully saturated rings. The van der Waals surface area contributed by atoms with Crippen molar-refractivity contribution in [3.63, 3.8) is 0 Å². The number of carbonyl (C=O) groups excluding carboxylic acids is 4. The van der Waals surface area contributed by atoms with Crippen LogP contribution in [0, 0.1) is 5.92 Å². The quantitative estimate of drug-likeness (QED) is 0.367. The molecule has 34 heavy (non-hydrogen) atoms. The molecule has 186 valence electrons. The molecule has 1 aromatic rings. The lowest BCUT2D eigenvalue weighted by Crippen LogP contribution is -2.57. The number of amides is 4. The number of aliphatic carboxylic acids is 1. The number of carboxylic acids is 1. The Hall–Kier alpha value is -3.43. The van der Waals surface area contributed by atoms with E-state index < -0.39 is 48.4 Å². The topological polar surface area (TPSA) is 145 Å². The van der Waals surface area contributed by atoms with Crippen LogP contribution in [0.15, 0.2) is 30.3 Å². The number of nitrogens with one attached hydrogen (secondary N) is 3. The Balaban J connectivity index is 2.16. The molecule has 2 rings (SSSR count). The van der Waals surface area contributed by atoms with Gasteiger partial charge >= 0.3 is 5.97 Å². The van der Waals surface area contributed by atoms with E-state index in [2.05, 4.69) is 16.0 Å². The molecule has 4 amide bonds. The van der Waals surface area contributed by atoms with Crippen molar-refractivity contribution >= 4 is 29.6 Å². The highest BCUT2D eigenvalue weighted by atomic mass is 16.4. The van der Waals surface area contributed by atoms with E-state index in [9.17, 15) is 24.0 Å². The Morgan fingerprint density at radius 3 is 2.29 bits per heavy atom. The van der Waals surface area contributed by atoms with Crippen LogP contribution in [0.1, 0.15) is 45.6 Å². The molecule has 1 aromatic carbocycles. The van der Waals surface area contributed by atoms with Gasteiger partial charge in [-0.3, -0.25) is 24.0 Å². The molecule has 0 radical (unpaired) electrons. The van der Waals surface area contributed by atoms with Gasteiger partial charge in [0, 0.05) is 19.9 Å². The van der Waals surface area contributed by atoms with Crippen molar-refractivity contribution in [1.29, 1.82) is 0 Å². The van der Waals surface area contributed by atoms with E-state index in [1.165, 1.54) is 11.8 Å². The smallest absolute Gasteiger partial charge is 0.322 e. The Kier molecular flexibility index (Phi) is 10.0. The van der Waals surface area contributed by atoms with E-state index in [4.69, 9.17) is 5.11 Å². The summed E-state index contributed by atoms with van der Waals surface area (Å²) in [5.41, 5.74) is 0.783. The number of benzene rings is 1. The maximum atomic E-state index is 13.2. The van der Waals surface area contributed by atoms with Crippen molar-refractivity contribution in [3.8, 4) is 0 Å². The first kappa shape index (κ1) is 26.8. The second-order valence-corrected chi connectivity index (χ2v) is 8.92. The first-order chi connectivity index (χ1) is 16.1. The van der Waals surface area contributed by atoms with Gasteiger partial charge in [-0.2, -0.15) is 0 Å². The van der Waals surface area contributed by atoms with Crippen molar-refractivity contribution < 1.29 is 29.1 Å². The molecule has 10 heteroatoms. The molecule has 3 atom stereocenters. The Bertz CT molecular complexity index is 889. The highest BCUT2D eigenvalue weighted by Gasteiger charge is 2.35. The van der Waals surface area contributed by atoms with Gasteiger partial charge in [-0.05, 0) is 30.7 Å². The average molecular weight is 475 g/mol. The third kappa shape index (κ3) is 8.17. The van der Waals surface area contributed by atoms with Gasteiger partial charge in [0.05, 0.1) is 0 Å². The van der Waals surface area contributed by atoms with Crippen LogP contribution < -0.4 is 16.0 Å². The summed E-state index contributed by atoms with van der Waals surface area (Å²) in [7, 11) is 0. The summed E-state index contributed by atoms with van der Waals surface area (Å²) in [4.78, 5) is 63.0. The van der Waals surface area contributed by atoms with Crippen LogP contribution in [0.4, 0.5) is 0 Å². The second kappa shape index (κ2) is 12.7. The highest BCUT2D eigenvalue weighted by molar-refractivity contribution is 5.94. The second-order valence-electron chi connectivity index (χ2n) is 8.92. The van der Waals surface area contributed by atoms with Crippen LogP contribution >= 0.6 is 0 Å². The van der Waals surface area contributed by atoms with Crippen molar-refractivity contribution in [2.45, 2.75) is 64.6 Å². The van der Waals surface area contributed by atoms with Crippen LogP contribution in [0.25, 0.3) is 0 Å². The molecule has 0 spiro atoms. The highest BCUT2D eigenvalue weighted by Crippen LogP contribution is 2.18. The fourth-order valence-corrected chi connectivity index (χ4v) is 4.00. The zero-order valence-electron chi connectivity index (χ0n) is 19.9. The normalized spacial score (nSPS) is 17.1. The Morgan fingerprint density at radius 1 is 1.03 bits per heavy atom. The summed E-state index contributed by atoms with van der Waals surface area (Å²) in [6, 6.07) is 6.46. The number of hydrogen-bond acceptors (Lipinski definition) is 5. The standard InChI is InChI=1S/C24H34N4O6/c1-15(2)12-18(27-24(34)20-10-7-11-28(20)16(3)29)23(33)26-19(22(32)25-14-21(30)31)13-17-8-5-4-6-9-17/h4-6,8-9,15,18-20H,7,10-14H2,1-3H3,(H,25,32)(H,26,33)(H,27,34)(H,30,31)/t18-,19-,20-/m0/s1. The first-order valence-electron chi connectivity index (χ1n) is 11.5. The molecule has 0 aliphatic carbocycles. The van der Waals surface area contributed by atoms with Crippen molar-refractivity contribution in [1.82, 2.24) is 20.9 Å². The van der Waals surface area contributed by atoms with E-state index >= 15 is 0 Å². The van der Waals surface area contributed by atoms with Crippen molar-refractivity contribution in [2.24, 2.45) is 5.92 Å². The first-order valence-corrected chi connectivity index (χ1v) is 11.5. The molecule has 4 N–H and O–H groups in total. The van der Waals surface area contributed by atoms with Gasteiger partial charge in [-0.1, -0.05) is 44.2 Å². The van der Waals surface area contributed by atoms with Crippen LogP contribution in [0.5, 0.6) is 0 Å². The zero-order chi connectivity index (χ0) is 25.3. The van der Waals surface area contributed by atoms with E-state index in [-0.39, 0.29) is 18.2 Å². The van der Waals surface area contributed by atoms with E-state index in [0.29, 0.717) is 25.8 Å². The monoisotopic (exact) mass is 474 g/mol. The summed E-state index contributed by atoms with van der Waals surface area (Å²) >= 11 is 0. The van der Waals surface area contributed by atoms with Gasteiger partial charge < -0.3 is 26.0 Å². The third-order valence-corrected chi connectivity index (χ3v) is 5.63. The van der Waals surface area contributed by atoms with Gasteiger partial charge in [0.1, 0.15) is 24.7 Å². The molecule has 1 aliphatic rings. The van der Waals surface area contributed by atoms with Gasteiger partial charge in [0.2, 0.25) is 23.6 Å². The Morgan fingerprint density at radius 2 is 1.71 bits per heavy atom. The fraction of sp³-hybridized carbons (Fsp3) is 0.542. The van der Waals surface area contributed by atoms with Gasteiger partial charge in [0.15, 0.2) is 0 Å². The van der Waals surface area contributed by atoms with Gasteiger partial charge in [-0.15, -0.1) is 0 Å². The number of rotatable bonds is 11. The molecular formula is C24H34N4O6. The van der Waals surface area contributed by atoms with E-state index in [1.807, 2.05) is 19.9 Å². The molecule has 0 aromatic heterocycles. The third-order valence-electron chi connectivity index (χ3n) is 5.63. The predicted molar refractivity (Wildman–Crippen MR) is 125 cm³/mol. The number of carbonyl (C=O) groups is 5. The summed E-state index contributed by atoms with van der Waals surface area (Å²) in [5.74, 6) is -2.90. The molecule has 0 saturated carbocycles. The van der Waals surface area contributed by atoms with Crippen LogP contribution in [0.2, 0.25) is 0 Å². The fourth-order valence-electron chi connectivity index (χ4n) is 4.00. The number of nitrogens with zero attached hydrogens (tertiary/aromatic N) is 1. The summed E-state index contributed by atoms with van der Waals surface area (Å²) in [6.07, 6.45) is 1.72. The maximum absolute atomic E-state index is 13.2. The lowest BCUT2D eigenvalue weighted by Gasteiger charge is -2.27.